The van der Waals surface area contributed by atoms with E-state index in [4.69, 9.17) is 44.3 Å². The van der Waals surface area contributed by atoms with E-state index in [2.05, 4.69) is 5.92 Å². The number of aliphatic hydroxyl groups excluding tert-OH is 2. The van der Waals surface area contributed by atoms with Gasteiger partial charge in [0.05, 0.1) is 48.1 Å². The minimum Gasteiger partial charge on any atom is -0.448 e. The van der Waals surface area contributed by atoms with Gasteiger partial charge in [0.15, 0.2) is 16.7 Å². The topological polar surface area (TPSA) is 178 Å². The third kappa shape index (κ3) is 12.9. The van der Waals surface area contributed by atoms with Gasteiger partial charge in [-0.05, 0) is 117 Å². The summed E-state index contributed by atoms with van der Waals surface area (Å²) in [6.07, 6.45) is -0.727. The van der Waals surface area contributed by atoms with Gasteiger partial charge in [-0.2, -0.15) is 0 Å². The van der Waals surface area contributed by atoms with Crippen molar-refractivity contribution in [2.24, 2.45) is 17.8 Å². The van der Waals surface area contributed by atoms with Crippen LogP contribution in [0.15, 0.2) is 0 Å². The lowest BCUT2D eigenvalue weighted by molar-refractivity contribution is -0.320. The Morgan fingerprint density at radius 2 is 1.66 bits per heavy atom. The summed E-state index contributed by atoms with van der Waals surface area (Å²) >= 11 is 1.84. The van der Waals surface area contributed by atoms with Gasteiger partial charge >= 0.3 is 5.97 Å². The minimum absolute atomic E-state index is 0.149. The van der Waals surface area contributed by atoms with Crippen LogP contribution < -0.4 is 0 Å². The van der Waals surface area contributed by atoms with Crippen LogP contribution in [0.5, 0.6) is 0 Å². The fourth-order valence-electron chi connectivity index (χ4n) is 8.95. The second-order valence-electron chi connectivity index (χ2n) is 18.0. The summed E-state index contributed by atoms with van der Waals surface area (Å²) in [6.45, 7) is 17.6. The van der Waals surface area contributed by atoms with Crippen molar-refractivity contribution in [3.8, 4) is 12.3 Å². The number of ether oxygens (including phenoxy) is 8. The second-order valence-corrected chi connectivity index (χ2v) is 19.2. The minimum atomic E-state index is -1.83. The van der Waals surface area contributed by atoms with Crippen LogP contribution in [-0.4, -0.2) is 179 Å². The number of terminal acetylenes is 1. The molecule has 58 heavy (non-hydrogen) atoms. The number of carbonyl (C=O) groups excluding carboxylic acids is 1. The summed E-state index contributed by atoms with van der Waals surface area (Å²) < 4.78 is 48.9. The highest BCUT2D eigenvalue weighted by atomic mass is 127. The van der Waals surface area contributed by atoms with Crippen LogP contribution in [0.2, 0.25) is 0 Å². The predicted octanol–water partition coefficient (Wildman–Crippen LogP) is 2.95. The van der Waals surface area contributed by atoms with Crippen molar-refractivity contribution in [3.63, 3.8) is 0 Å². The summed E-state index contributed by atoms with van der Waals surface area (Å²) in [5, 5.41) is 47.3. The summed E-state index contributed by atoms with van der Waals surface area (Å²) in [6, 6.07) is -0.825. The van der Waals surface area contributed by atoms with E-state index in [1.165, 1.54) is 6.92 Å². The molecule has 3 fully saturated rings. The molecule has 0 bridgehead atoms. The van der Waals surface area contributed by atoms with Gasteiger partial charge in [-0.15, -0.1) is 6.42 Å². The Morgan fingerprint density at radius 1 is 1.00 bits per heavy atom. The molecule has 3 rings (SSSR count). The monoisotopic (exact) mass is 942 g/mol. The zero-order chi connectivity index (χ0) is 43.9. The fourth-order valence-corrected chi connectivity index (χ4v) is 9.57. The molecule has 338 valence electrons. The Morgan fingerprint density at radius 3 is 2.26 bits per heavy atom. The number of halogens is 1. The molecule has 3 saturated heterocycles. The van der Waals surface area contributed by atoms with Crippen molar-refractivity contribution in [2.45, 2.75) is 176 Å². The fraction of sp³-hybridized carbons (Fsp3) is 0.929. The van der Waals surface area contributed by atoms with Crippen LogP contribution in [-0.2, 0) is 42.7 Å². The van der Waals surface area contributed by atoms with E-state index >= 15 is 0 Å². The van der Waals surface area contributed by atoms with Crippen LogP contribution in [0.25, 0.3) is 0 Å². The first kappa shape index (κ1) is 51.6. The van der Waals surface area contributed by atoms with Crippen LogP contribution in [0, 0.1) is 30.1 Å². The molecule has 0 aliphatic carbocycles. The summed E-state index contributed by atoms with van der Waals surface area (Å²) in [5.41, 5.74) is -4.26. The summed E-state index contributed by atoms with van der Waals surface area (Å²) in [7, 11) is 7.22. The predicted molar refractivity (Wildman–Crippen MR) is 226 cm³/mol. The summed E-state index contributed by atoms with van der Waals surface area (Å²) in [4.78, 5) is 18.1. The van der Waals surface area contributed by atoms with E-state index < -0.39 is 94.0 Å². The zero-order valence-corrected chi connectivity index (χ0v) is 39.3. The van der Waals surface area contributed by atoms with Gasteiger partial charge in [-0.3, -0.25) is 4.79 Å². The number of rotatable bonds is 12. The highest BCUT2D eigenvalue weighted by molar-refractivity contribution is 14.1. The number of alkyl halides is 1. The first-order valence-electron chi connectivity index (χ1n) is 20.7. The van der Waals surface area contributed by atoms with Gasteiger partial charge in [0.2, 0.25) is 0 Å². The quantitative estimate of drug-likeness (QED) is 0.0738. The van der Waals surface area contributed by atoms with Crippen molar-refractivity contribution < 1.29 is 63.1 Å². The molecule has 15 nitrogen and oxygen atoms in total. The first-order valence-corrected chi connectivity index (χ1v) is 22.0. The molecule has 0 aromatic heterocycles. The van der Waals surface area contributed by atoms with Crippen molar-refractivity contribution >= 4 is 28.6 Å². The van der Waals surface area contributed by atoms with Gasteiger partial charge in [0, 0.05) is 44.7 Å². The molecule has 16 heteroatoms. The second kappa shape index (κ2) is 22.0. The number of cyclic esters (lactones) is 1. The van der Waals surface area contributed by atoms with E-state index in [1.54, 1.807) is 27.9 Å². The van der Waals surface area contributed by atoms with Crippen molar-refractivity contribution in [1.82, 2.24) is 9.80 Å². The molecule has 3 aliphatic rings. The van der Waals surface area contributed by atoms with E-state index in [0.29, 0.717) is 32.6 Å². The van der Waals surface area contributed by atoms with Crippen LogP contribution in [0.4, 0.5) is 0 Å². The molecule has 0 unspecified atom stereocenters. The van der Waals surface area contributed by atoms with Gasteiger partial charge in [0.25, 0.3) is 0 Å². The number of hydrogen-bond acceptors (Lipinski definition) is 15. The van der Waals surface area contributed by atoms with Crippen molar-refractivity contribution in [1.29, 1.82) is 0 Å². The molecule has 0 spiro atoms. The van der Waals surface area contributed by atoms with E-state index in [-0.39, 0.29) is 37.5 Å². The largest absolute Gasteiger partial charge is 0.448 e. The molecule has 3 aliphatic heterocycles. The Hall–Kier alpha value is -0.760. The van der Waals surface area contributed by atoms with E-state index in [9.17, 15) is 25.2 Å². The zero-order valence-electron chi connectivity index (χ0n) is 37.1. The third-order valence-electron chi connectivity index (χ3n) is 12.5. The van der Waals surface area contributed by atoms with Gasteiger partial charge < -0.3 is 68.1 Å². The Bertz CT molecular complexity index is 1320. The van der Waals surface area contributed by atoms with Crippen molar-refractivity contribution in [3.05, 3.63) is 0 Å². The maximum Gasteiger partial charge on any atom is 0.312 e. The van der Waals surface area contributed by atoms with Crippen LogP contribution in [0.3, 0.4) is 0 Å². The lowest BCUT2D eigenvalue weighted by Gasteiger charge is -2.49. The molecule has 0 aromatic rings. The Kier molecular flexibility index (Phi) is 19.6. The molecule has 0 amide bonds. The van der Waals surface area contributed by atoms with Gasteiger partial charge in [-0.25, -0.2) is 0 Å². The normalized spacial score (nSPS) is 45.6. The molecule has 0 saturated carbocycles. The number of carbonyl (C=O) groups is 1. The maximum absolute atomic E-state index is 14.2. The smallest absolute Gasteiger partial charge is 0.312 e. The molecular formula is C42H75IN2O13. The average Bonchev–Trinajstić information content (AvgIpc) is 3.13. The van der Waals surface area contributed by atoms with Crippen molar-refractivity contribution in [2.75, 3.05) is 54.6 Å². The Balaban J connectivity index is 2.09. The number of nitrogens with zero attached hydrogens (tertiary/aromatic N) is 2. The summed E-state index contributed by atoms with van der Waals surface area (Å²) in [5.74, 6) is -0.161. The van der Waals surface area contributed by atoms with Gasteiger partial charge in [-0.1, -0.05) is 19.8 Å². The number of aliphatic hydroxyl groups is 4. The molecular weight excluding hydrogens is 867 g/mol. The molecule has 0 aromatic carbocycles. The SMILES string of the molecule is C#CCOCCCO[C@H]1[C@H](C)O[C@@H](O[C@H]2[C@H](C)[C@@H](O[C@@H]3O[C@H](C)C[C@H](N(C)C)[C@H]3O)[C@](C)(O)C[C@@H](C)CN(C)[C@H](C)[C@@H](O)[C@](C)(O)[C@@H](I)OC(=O)[C@@H]2C)C[C@@]1(C)OC. The first-order chi connectivity index (χ1) is 26.9. The third-order valence-corrected chi connectivity index (χ3v) is 14.0. The maximum atomic E-state index is 14.2. The Labute approximate surface area is 361 Å². The number of likely N-dealkylation sites (N-methyl/N-ethyl adjacent to an activating group) is 2. The highest BCUT2D eigenvalue weighted by Crippen LogP contribution is 2.41. The average molecular weight is 943 g/mol. The highest BCUT2D eigenvalue weighted by Gasteiger charge is 2.53. The molecule has 4 N–H and O–H groups in total. The standard InChI is InChI=1S/C42H75IN2O13/c1-15-17-52-18-16-19-53-36-29(7)55-31(22-41(36,9)51-14)56-33-26(4)35(57-38-32(46)30(44(11)12)20-25(3)54-38)40(8,49)21-24(2)23-45(13)28(6)34(47)42(10,50)39(43)58-37(48)27(33)5/h1,24-36,38-39,46-47,49-50H,16-23H2,2-14H3/t24-,25-,26+,27-,28-,29+,30+,31+,32-,33+,34-,35-,36+,38+,39+,40-,41-,42+/m1/s1. The van der Waals surface area contributed by atoms with E-state index in [0.717, 1.165) is 0 Å². The van der Waals surface area contributed by atoms with Crippen LogP contribution >= 0.6 is 22.6 Å². The lowest BCUT2D eigenvalue weighted by atomic mass is 9.77. The molecule has 18 atom stereocenters. The van der Waals surface area contributed by atoms with Crippen LogP contribution in [0.1, 0.15) is 88.0 Å². The number of esters is 1. The molecule has 0 radical (unpaired) electrons. The van der Waals surface area contributed by atoms with Gasteiger partial charge in [0.1, 0.15) is 30.5 Å². The lowest BCUT2D eigenvalue weighted by Crippen LogP contribution is -2.60. The number of hydrogen-bond donors (Lipinski definition) is 4. The number of methoxy groups -OCH3 is 1. The van der Waals surface area contributed by atoms with E-state index in [1.807, 2.05) is 88.2 Å². The molecule has 3 heterocycles.